The van der Waals surface area contributed by atoms with E-state index in [0.717, 1.165) is 19.4 Å². The van der Waals surface area contributed by atoms with Gasteiger partial charge in [-0.25, -0.2) is 4.98 Å². The molecular weight excluding hydrogens is 226 g/mol. The summed E-state index contributed by atoms with van der Waals surface area (Å²) in [5.74, 6) is 0.733. The summed E-state index contributed by atoms with van der Waals surface area (Å²) >= 11 is 0. The fourth-order valence-electron chi connectivity index (χ4n) is 1.55. The van der Waals surface area contributed by atoms with Gasteiger partial charge in [0, 0.05) is 31.9 Å². The molecular formula is C14H21N3O. The van der Waals surface area contributed by atoms with Crippen LogP contribution < -0.4 is 5.32 Å². The van der Waals surface area contributed by atoms with E-state index in [0.29, 0.717) is 17.9 Å². The number of nitrogens with zero attached hydrogens (tertiary/aromatic N) is 2. The van der Waals surface area contributed by atoms with E-state index in [-0.39, 0.29) is 5.91 Å². The minimum Gasteiger partial charge on any atom is -0.367 e. The van der Waals surface area contributed by atoms with Gasteiger partial charge in [-0.05, 0) is 18.6 Å². The fourth-order valence-corrected chi connectivity index (χ4v) is 1.55. The number of unbranched alkanes of at least 4 members (excludes halogenated alkanes) is 1. The molecule has 4 nitrogen and oxygen atoms in total. The molecule has 1 aromatic heterocycles. The smallest absolute Gasteiger partial charge is 0.253 e. The van der Waals surface area contributed by atoms with E-state index in [1.807, 2.05) is 7.05 Å². The van der Waals surface area contributed by atoms with E-state index >= 15 is 0 Å². The van der Waals surface area contributed by atoms with Crippen molar-refractivity contribution in [1.82, 2.24) is 9.88 Å². The highest BCUT2D eigenvalue weighted by Crippen LogP contribution is 2.09. The maximum Gasteiger partial charge on any atom is 0.253 e. The van der Waals surface area contributed by atoms with Crippen molar-refractivity contribution in [2.75, 3.05) is 25.5 Å². The Balaban J connectivity index is 2.69. The van der Waals surface area contributed by atoms with E-state index in [4.69, 9.17) is 0 Å². The predicted octanol–water partition coefficient (Wildman–Crippen LogP) is 2.55. The Bertz CT molecular complexity index is 404. The first-order valence-corrected chi connectivity index (χ1v) is 6.25. The van der Waals surface area contributed by atoms with E-state index in [2.05, 4.69) is 23.8 Å². The van der Waals surface area contributed by atoms with Crippen molar-refractivity contribution in [3.63, 3.8) is 0 Å². The zero-order chi connectivity index (χ0) is 13.4. The second kappa shape index (κ2) is 7.48. The summed E-state index contributed by atoms with van der Waals surface area (Å²) in [5, 5.41) is 3.07. The van der Waals surface area contributed by atoms with Crippen molar-refractivity contribution in [2.24, 2.45) is 0 Å². The third kappa shape index (κ3) is 4.20. The van der Waals surface area contributed by atoms with E-state index in [1.54, 1.807) is 29.3 Å². The Hall–Kier alpha value is -1.84. The number of hydrogen-bond acceptors (Lipinski definition) is 3. The maximum absolute atomic E-state index is 12.1. The molecule has 1 heterocycles. The maximum atomic E-state index is 12.1. The van der Waals surface area contributed by atoms with Crippen LogP contribution in [0.1, 0.15) is 30.1 Å². The van der Waals surface area contributed by atoms with E-state index < -0.39 is 0 Å². The standard InChI is InChI=1S/C14H21N3O/c1-4-6-10-17(3)14(18)12-7-9-16-13(11-12)15-8-5-2/h5,7,9,11H,2,4,6,8,10H2,1,3H3,(H,15,16). The molecule has 98 valence electrons. The second-order valence-corrected chi connectivity index (χ2v) is 4.18. The summed E-state index contributed by atoms with van der Waals surface area (Å²) in [4.78, 5) is 18.0. The molecule has 18 heavy (non-hydrogen) atoms. The van der Waals surface area contributed by atoms with Crippen molar-refractivity contribution in [3.8, 4) is 0 Å². The van der Waals surface area contributed by atoms with Gasteiger partial charge in [-0.1, -0.05) is 19.4 Å². The third-order valence-corrected chi connectivity index (χ3v) is 2.63. The molecule has 0 radical (unpaired) electrons. The molecule has 1 rings (SSSR count). The molecule has 0 bridgehead atoms. The van der Waals surface area contributed by atoms with Crippen LogP contribution in [0.25, 0.3) is 0 Å². The van der Waals surface area contributed by atoms with Gasteiger partial charge in [0.05, 0.1) is 0 Å². The normalized spacial score (nSPS) is 9.89. The molecule has 0 aliphatic carbocycles. The second-order valence-electron chi connectivity index (χ2n) is 4.18. The van der Waals surface area contributed by atoms with Crippen molar-refractivity contribution in [1.29, 1.82) is 0 Å². The number of amides is 1. The van der Waals surface area contributed by atoms with Crippen LogP contribution in [0.5, 0.6) is 0 Å². The molecule has 1 aromatic rings. The molecule has 1 amide bonds. The minimum absolute atomic E-state index is 0.0347. The lowest BCUT2D eigenvalue weighted by molar-refractivity contribution is 0.0793. The number of rotatable bonds is 7. The molecule has 0 spiro atoms. The number of anilines is 1. The van der Waals surface area contributed by atoms with Gasteiger partial charge in [0.15, 0.2) is 0 Å². The van der Waals surface area contributed by atoms with Gasteiger partial charge >= 0.3 is 0 Å². The number of carbonyl (C=O) groups is 1. The molecule has 0 aliphatic rings. The van der Waals surface area contributed by atoms with Crippen molar-refractivity contribution >= 4 is 11.7 Å². The van der Waals surface area contributed by atoms with E-state index in [1.165, 1.54) is 0 Å². The van der Waals surface area contributed by atoms with Crippen LogP contribution in [-0.2, 0) is 0 Å². The number of carbonyl (C=O) groups excluding carboxylic acids is 1. The highest BCUT2D eigenvalue weighted by molar-refractivity contribution is 5.94. The average Bonchev–Trinajstić information content (AvgIpc) is 2.42. The van der Waals surface area contributed by atoms with Crippen LogP contribution in [0.15, 0.2) is 31.0 Å². The van der Waals surface area contributed by atoms with Crippen LogP contribution >= 0.6 is 0 Å². The summed E-state index contributed by atoms with van der Waals surface area (Å²) in [5.41, 5.74) is 0.662. The lowest BCUT2D eigenvalue weighted by Crippen LogP contribution is -2.27. The predicted molar refractivity (Wildman–Crippen MR) is 74.8 cm³/mol. The molecule has 0 fully saturated rings. The average molecular weight is 247 g/mol. The first-order valence-electron chi connectivity index (χ1n) is 6.25. The van der Waals surface area contributed by atoms with Crippen molar-refractivity contribution < 1.29 is 4.79 Å². The highest BCUT2D eigenvalue weighted by atomic mass is 16.2. The summed E-state index contributed by atoms with van der Waals surface area (Å²) < 4.78 is 0. The van der Waals surface area contributed by atoms with E-state index in [9.17, 15) is 4.79 Å². The minimum atomic E-state index is 0.0347. The first-order chi connectivity index (χ1) is 8.69. The molecule has 0 atom stereocenters. The molecule has 0 saturated heterocycles. The lowest BCUT2D eigenvalue weighted by atomic mass is 10.2. The van der Waals surface area contributed by atoms with Crippen LogP contribution in [0.2, 0.25) is 0 Å². The van der Waals surface area contributed by atoms with Gasteiger partial charge < -0.3 is 10.2 Å². The summed E-state index contributed by atoms with van der Waals surface area (Å²) in [6, 6.07) is 3.51. The molecule has 0 aliphatic heterocycles. The number of hydrogen-bond donors (Lipinski definition) is 1. The Morgan fingerprint density at radius 2 is 2.39 bits per heavy atom. The van der Waals surface area contributed by atoms with Gasteiger partial charge in [-0.3, -0.25) is 4.79 Å². The summed E-state index contributed by atoms with van der Waals surface area (Å²) in [7, 11) is 1.83. The Labute approximate surface area is 109 Å². The molecule has 0 unspecified atom stereocenters. The van der Waals surface area contributed by atoms with Gasteiger partial charge in [0.1, 0.15) is 5.82 Å². The third-order valence-electron chi connectivity index (χ3n) is 2.63. The molecule has 1 N–H and O–H groups in total. The van der Waals surface area contributed by atoms with Gasteiger partial charge in [0.2, 0.25) is 0 Å². The SMILES string of the molecule is C=CCNc1cc(C(=O)N(C)CCCC)ccn1. The zero-order valence-corrected chi connectivity index (χ0v) is 11.1. The zero-order valence-electron chi connectivity index (χ0n) is 11.1. The highest BCUT2D eigenvalue weighted by Gasteiger charge is 2.11. The Morgan fingerprint density at radius 1 is 1.61 bits per heavy atom. The number of aromatic nitrogens is 1. The Morgan fingerprint density at radius 3 is 3.06 bits per heavy atom. The number of nitrogens with one attached hydrogen (secondary N) is 1. The Kier molecular flexibility index (Phi) is 5.91. The summed E-state index contributed by atoms with van der Waals surface area (Å²) in [6.45, 7) is 7.16. The first kappa shape index (κ1) is 14.2. The van der Waals surface area contributed by atoms with Gasteiger partial charge in [-0.2, -0.15) is 0 Å². The fraction of sp³-hybridized carbons (Fsp3) is 0.429. The quantitative estimate of drug-likeness (QED) is 0.753. The van der Waals surface area contributed by atoms with Crippen molar-refractivity contribution in [2.45, 2.75) is 19.8 Å². The number of pyridine rings is 1. The van der Waals surface area contributed by atoms with Crippen LogP contribution in [0.3, 0.4) is 0 Å². The van der Waals surface area contributed by atoms with Gasteiger partial charge in [-0.15, -0.1) is 6.58 Å². The monoisotopic (exact) mass is 247 g/mol. The van der Waals surface area contributed by atoms with Crippen LogP contribution in [0, 0.1) is 0 Å². The van der Waals surface area contributed by atoms with Gasteiger partial charge in [0.25, 0.3) is 5.91 Å². The largest absolute Gasteiger partial charge is 0.367 e. The summed E-state index contributed by atoms with van der Waals surface area (Å²) in [6.07, 6.45) is 5.50. The van der Waals surface area contributed by atoms with Crippen molar-refractivity contribution in [3.05, 3.63) is 36.5 Å². The van der Waals surface area contributed by atoms with Crippen LogP contribution in [-0.4, -0.2) is 35.9 Å². The lowest BCUT2D eigenvalue weighted by Gasteiger charge is -2.17. The topological polar surface area (TPSA) is 45.2 Å². The molecule has 4 heteroatoms. The molecule has 0 aromatic carbocycles. The van der Waals surface area contributed by atoms with Crippen LogP contribution in [0.4, 0.5) is 5.82 Å². The molecule has 0 saturated carbocycles.